The van der Waals surface area contributed by atoms with Gasteiger partial charge in [-0.15, -0.1) is 12.4 Å². The number of amides is 2. The van der Waals surface area contributed by atoms with E-state index in [9.17, 15) is 18.4 Å². The highest BCUT2D eigenvalue weighted by Crippen LogP contribution is 2.21. The van der Waals surface area contributed by atoms with Gasteiger partial charge in [0.15, 0.2) is 0 Å². The molecule has 2 N–H and O–H groups in total. The third-order valence-corrected chi connectivity index (χ3v) is 5.05. The molecule has 2 saturated heterocycles. The summed E-state index contributed by atoms with van der Waals surface area (Å²) in [4.78, 5) is 26.6. The van der Waals surface area contributed by atoms with Gasteiger partial charge in [-0.25, -0.2) is 0 Å². The minimum Gasteiger partial charge on any atom is -0.435 e. The first-order chi connectivity index (χ1) is 13.0. The summed E-state index contributed by atoms with van der Waals surface area (Å²) in [5, 5.41) is 6.15. The molecule has 2 fully saturated rings. The molecule has 0 bridgehead atoms. The average molecular weight is 418 g/mol. The normalized spacial score (nSPS) is 21.9. The van der Waals surface area contributed by atoms with E-state index in [1.807, 2.05) is 0 Å². The molecule has 0 radical (unpaired) electrons. The number of nitrogens with one attached hydrogen (secondary N) is 2. The lowest BCUT2D eigenvalue weighted by Crippen LogP contribution is -2.46. The molecule has 1 aromatic rings. The highest BCUT2D eigenvalue weighted by Gasteiger charge is 2.27. The Kier molecular flexibility index (Phi) is 8.44. The standard InChI is InChI=1S/C19H25F2N3O3.ClH/c20-19(21)27-15-6-1-5-14(10-15)18(26)24-9-3-4-13(12-24)11-23-17(25)16-7-2-8-22-16;/h1,5-6,10,13,16,19,22H,2-4,7-9,11-12H2,(H,23,25);1H. The van der Waals surface area contributed by atoms with Crippen LogP contribution in [0.15, 0.2) is 24.3 Å². The summed E-state index contributed by atoms with van der Waals surface area (Å²) in [6, 6.07) is 5.75. The van der Waals surface area contributed by atoms with Gasteiger partial charge in [-0.3, -0.25) is 9.59 Å². The molecular formula is C19H26ClF2N3O3. The molecule has 2 amide bonds. The Bertz CT molecular complexity index is 672. The summed E-state index contributed by atoms with van der Waals surface area (Å²) in [5.74, 6) is -0.0229. The van der Waals surface area contributed by atoms with Crippen molar-refractivity contribution < 1.29 is 23.1 Å². The lowest BCUT2D eigenvalue weighted by Gasteiger charge is -2.33. The Morgan fingerprint density at radius 1 is 1.29 bits per heavy atom. The maximum atomic E-state index is 12.7. The highest BCUT2D eigenvalue weighted by atomic mass is 35.5. The molecule has 2 aliphatic heterocycles. The molecule has 0 spiro atoms. The number of piperidine rings is 1. The zero-order chi connectivity index (χ0) is 19.2. The van der Waals surface area contributed by atoms with Crippen LogP contribution in [0.2, 0.25) is 0 Å². The molecule has 28 heavy (non-hydrogen) atoms. The van der Waals surface area contributed by atoms with Crippen LogP contribution >= 0.6 is 12.4 Å². The van der Waals surface area contributed by atoms with Crippen molar-refractivity contribution in [2.45, 2.75) is 38.3 Å². The van der Waals surface area contributed by atoms with Crippen LogP contribution in [0.1, 0.15) is 36.0 Å². The summed E-state index contributed by atoms with van der Waals surface area (Å²) in [5.41, 5.74) is 0.327. The molecule has 0 aliphatic carbocycles. The second-order valence-corrected chi connectivity index (χ2v) is 7.06. The first-order valence-corrected chi connectivity index (χ1v) is 9.38. The Morgan fingerprint density at radius 2 is 2.11 bits per heavy atom. The van der Waals surface area contributed by atoms with E-state index in [-0.39, 0.29) is 41.9 Å². The number of hydrogen-bond acceptors (Lipinski definition) is 4. The van der Waals surface area contributed by atoms with Gasteiger partial charge in [-0.05, 0) is 56.3 Å². The van der Waals surface area contributed by atoms with Crippen LogP contribution in [0.5, 0.6) is 5.75 Å². The quantitative estimate of drug-likeness (QED) is 0.745. The van der Waals surface area contributed by atoms with E-state index < -0.39 is 6.61 Å². The zero-order valence-corrected chi connectivity index (χ0v) is 16.4. The zero-order valence-electron chi connectivity index (χ0n) is 15.5. The predicted molar refractivity (Wildman–Crippen MR) is 103 cm³/mol. The molecule has 9 heteroatoms. The van der Waals surface area contributed by atoms with Crippen LogP contribution in [0.4, 0.5) is 8.78 Å². The van der Waals surface area contributed by atoms with Gasteiger partial charge in [-0.2, -0.15) is 8.78 Å². The number of likely N-dealkylation sites (tertiary alicyclic amines) is 1. The number of hydrogen-bond donors (Lipinski definition) is 2. The molecule has 1 aromatic carbocycles. The monoisotopic (exact) mass is 417 g/mol. The van der Waals surface area contributed by atoms with Crippen molar-refractivity contribution >= 4 is 24.2 Å². The first kappa shape index (κ1) is 22.4. The number of nitrogens with zero attached hydrogens (tertiary/aromatic N) is 1. The lowest BCUT2D eigenvalue weighted by molar-refractivity contribution is -0.123. The maximum absolute atomic E-state index is 12.7. The summed E-state index contributed by atoms with van der Waals surface area (Å²) in [7, 11) is 0. The highest BCUT2D eigenvalue weighted by molar-refractivity contribution is 5.94. The van der Waals surface area contributed by atoms with Gasteiger partial charge in [0.1, 0.15) is 5.75 Å². The molecule has 2 heterocycles. The van der Waals surface area contributed by atoms with Crippen LogP contribution in [-0.4, -0.2) is 55.5 Å². The van der Waals surface area contributed by atoms with E-state index >= 15 is 0 Å². The van der Waals surface area contributed by atoms with Gasteiger partial charge in [0.2, 0.25) is 5.91 Å². The number of benzene rings is 1. The molecule has 0 aromatic heterocycles. The van der Waals surface area contributed by atoms with E-state index in [0.717, 1.165) is 32.2 Å². The molecule has 2 atom stereocenters. The molecule has 6 nitrogen and oxygen atoms in total. The smallest absolute Gasteiger partial charge is 0.387 e. The molecule has 2 unspecified atom stereocenters. The van der Waals surface area contributed by atoms with Crippen molar-refractivity contribution in [1.29, 1.82) is 0 Å². The maximum Gasteiger partial charge on any atom is 0.387 e. The Hall–Kier alpha value is -1.93. The fourth-order valence-corrected chi connectivity index (χ4v) is 3.68. The average Bonchev–Trinajstić information content (AvgIpc) is 3.20. The minimum atomic E-state index is -2.92. The fourth-order valence-electron chi connectivity index (χ4n) is 3.68. The van der Waals surface area contributed by atoms with Crippen LogP contribution in [0, 0.1) is 5.92 Å². The molecule has 156 valence electrons. The topological polar surface area (TPSA) is 70.7 Å². The summed E-state index contributed by atoms with van der Waals surface area (Å²) >= 11 is 0. The molecule has 0 saturated carbocycles. The number of rotatable bonds is 6. The molecule has 3 rings (SSSR count). The number of carbonyl (C=O) groups is 2. The summed E-state index contributed by atoms with van der Waals surface area (Å²) in [6.07, 6.45) is 3.66. The van der Waals surface area contributed by atoms with Crippen LogP contribution in [0.3, 0.4) is 0 Å². The van der Waals surface area contributed by atoms with Gasteiger partial charge < -0.3 is 20.3 Å². The predicted octanol–water partition coefficient (Wildman–Crippen LogP) is 2.43. The first-order valence-electron chi connectivity index (χ1n) is 9.38. The Labute approximate surface area is 169 Å². The molecule has 2 aliphatic rings. The number of halogens is 3. The van der Waals surface area contributed by atoms with Crippen molar-refractivity contribution in [1.82, 2.24) is 15.5 Å². The number of alkyl halides is 2. The van der Waals surface area contributed by atoms with E-state index in [1.54, 1.807) is 11.0 Å². The van der Waals surface area contributed by atoms with Crippen molar-refractivity contribution in [3.05, 3.63) is 29.8 Å². The van der Waals surface area contributed by atoms with Crippen molar-refractivity contribution in [3.63, 3.8) is 0 Å². The van der Waals surface area contributed by atoms with Crippen LogP contribution < -0.4 is 15.4 Å². The third kappa shape index (κ3) is 6.04. The molecular weight excluding hydrogens is 392 g/mol. The van der Waals surface area contributed by atoms with Crippen LogP contribution in [-0.2, 0) is 4.79 Å². The van der Waals surface area contributed by atoms with Gasteiger partial charge >= 0.3 is 6.61 Å². The van der Waals surface area contributed by atoms with Crippen molar-refractivity contribution in [3.8, 4) is 5.75 Å². The fraction of sp³-hybridized carbons (Fsp3) is 0.579. The van der Waals surface area contributed by atoms with Gasteiger partial charge in [0, 0.05) is 25.2 Å². The SMILES string of the molecule is Cl.O=C(NCC1CCCN(C(=O)c2cccc(OC(F)F)c2)C1)C1CCCN1. The Balaban J connectivity index is 0.00000280. The van der Waals surface area contributed by atoms with Crippen molar-refractivity contribution in [2.75, 3.05) is 26.2 Å². The van der Waals surface area contributed by atoms with E-state index in [2.05, 4.69) is 15.4 Å². The van der Waals surface area contributed by atoms with Crippen LogP contribution in [0.25, 0.3) is 0 Å². The van der Waals surface area contributed by atoms with Gasteiger partial charge in [-0.1, -0.05) is 6.07 Å². The number of ether oxygens (including phenoxy) is 1. The van der Waals surface area contributed by atoms with E-state index in [1.165, 1.54) is 18.2 Å². The van der Waals surface area contributed by atoms with Crippen molar-refractivity contribution in [2.24, 2.45) is 5.92 Å². The summed E-state index contributed by atoms with van der Waals surface area (Å²) in [6.45, 7) is -0.356. The van der Waals surface area contributed by atoms with E-state index in [0.29, 0.717) is 25.2 Å². The summed E-state index contributed by atoms with van der Waals surface area (Å²) < 4.78 is 29.1. The van der Waals surface area contributed by atoms with Gasteiger partial charge in [0.25, 0.3) is 5.91 Å². The second kappa shape index (κ2) is 10.6. The number of carbonyl (C=O) groups excluding carboxylic acids is 2. The third-order valence-electron chi connectivity index (χ3n) is 5.05. The largest absolute Gasteiger partial charge is 0.435 e. The van der Waals surface area contributed by atoms with Gasteiger partial charge in [0.05, 0.1) is 6.04 Å². The lowest BCUT2D eigenvalue weighted by atomic mass is 9.97. The second-order valence-electron chi connectivity index (χ2n) is 7.06. The van der Waals surface area contributed by atoms with E-state index in [4.69, 9.17) is 0 Å². The minimum absolute atomic E-state index is 0. The Morgan fingerprint density at radius 3 is 2.82 bits per heavy atom.